The number of thiophene rings is 1. The van der Waals surface area contributed by atoms with E-state index in [0.717, 1.165) is 15.6 Å². The van der Waals surface area contributed by atoms with E-state index < -0.39 is 17.5 Å². The zero-order valence-corrected chi connectivity index (χ0v) is 11.5. The number of carbonyl (C=O) groups is 1. The molecule has 4 heteroatoms. The Morgan fingerprint density at radius 3 is 2.72 bits per heavy atom. The molecule has 1 N–H and O–H groups in total. The van der Waals surface area contributed by atoms with E-state index >= 15 is 0 Å². The van der Waals surface area contributed by atoms with E-state index in [0.29, 0.717) is 0 Å². The first-order valence-electron chi connectivity index (χ1n) is 5.71. The van der Waals surface area contributed by atoms with Gasteiger partial charge in [-0.3, -0.25) is 4.79 Å². The van der Waals surface area contributed by atoms with E-state index in [-0.39, 0.29) is 0 Å². The molecule has 0 aliphatic heterocycles. The lowest BCUT2D eigenvalue weighted by molar-refractivity contribution is -0.157. The quantitative estimate of drug-likeness (QED) is 0.866. The van der Waals surface area contributed by atoms with Crippen LogP contribution in [-0.4, -0.2) is 18.2 Å². The predicted octanol–water partition coefficient (Wildman–Crippen LogP) is 3.13. The summed E-state index contributed by atoms with van der Waals surface area (Å²) in [4.78, 5) is 11.7. The molecular weight excluding hydrogens is 248 g/mol. The van der Waals surface area contributed by atoms with E-state index in [1.165, 1.54) is 7.11 Å². The van der Waals surface area contributed by atoms with Crippen molar-refractivity contribution in [3.05, 3.63) is 35.2 Å². The van der Waals surface area contributed by atoms with Crippen molar-refractivity contribution in [2.75, 3.05) is 7.11 Å². The van der Waals surface area contributed by atoms with Crippen LogP contribution in [0.5, 0.6) is 0 Å². The van der Waals surface area contributed by atoms with Gasteiger partial charge in [-0.2, -0.15) is 0 Å². The van der Waals surface area contributed by atoms with Crippen molar-refractivity contribution >= 4 is 27.4 Å². The predicted molar refractivity (Wildman–Crippen MR) is 72.6 cm³/mol. The highest BCUT2D eigenvalue weighted by Crippen LogP contribution is 2.39. The van der Waals surface area contributed by atoms with Gasteiger partial charge < -0.3 is 9.84 Å². The van der Waals surface area contributed by atoms with Crippen molar-refractivity contribution in [1.82, 2.24) is 0 Å². The van der Waals surface area contributed by atoms with Crippen molar-refractivity contribution in [1.29, 1.82) is 0 Å². The summed E-state index contributed by atoms with van der Waals surface area (Å²) in [6.07, 6.45) is -0.874. The van der Waals surface area contributed by atoms with Gasteiger partial charge in [-0.15, -0.1) is 11.3 Å². The van der Waals surface area contributed by atoms with Crippen LogP contribution in [0.1, 0.15) is 25.5 Å². The highest BCUT2D eigenvalue weighted by molar-refractivity contribution is 7.17. The van der Waals surface area contributed by atoms with Gasteiger partial charge in [0.1, 0.15) is 0 Å². The summed E-state index contributed by atoms with van der Waals surface area (Å²) >= 11 is 1.57. The average molecular weight is 264 g/mol. The molecule has 1 atom stereocenters. The summed E-state index contributed by atoms with van der Waals surface area (Å²) in [6.45, 7) is 3.38. The molecule has 3 nitrogen and oxygen atoms in total. The highest BCUT2D eigenvalue weighted by atomic mass is 32.1. The summed E-state index contributed by atoms with van der Waals surface area (Å²) in [7, 11) is 1.34. The van der Waals surface area contributed by atoms with E-state index in [4.69, 9.17) is 4.74 Å². The zero-order valence-electron chi connectivity index (χ0n) is 10.6. The maximum atomic E-state index is 11.7. The van der Waals surface area contributed by atoms with Crippen LogP contribution >= 0.6 is 11.3 Å². The minimum absolute atomic E-state index is 0.412. The SMILES string of the molecule is COC(=O)C(C)(C)C(O)c1csc2ccccc12. The molecule has 0 radical (unpaired) electrons. The second-order valence-corrected chi connectivity index (χ2v) is 5.71. The van der Waals surface area contributed by atoms with Crippen molar-refractivity contribution in [2.45, 2.75) is 20.0 Å². The molecule has 0 amide bonds. The lowest BCUT2D eigenvalue weighted by Crippen LogP contribution is -2.32. The minimum Gasteiger partial charge on any atom is -0.469 e. The molecule has 0 spiro atoms. The second kappa shape index (κ2) is 4.71. The lowest BCUT2D eigenvalue weighted by atomic mass is 9.82. The molecule has 1 heterocycles. The summed E-state index contributed by atoms with van der Waals surface area (Å²) < 4.78 is 5.85. The second-order valence-electron chi connectivity index (χ2n) is 4.80. The molecule has 0 saturated heterocycles. The standard InChI is InChI=1S/C14H16O3S/c1-14(2,13(16)17-3)12(15)10-8-18-11-7-5-4-6-9(10)11/h4-8,12,15H,1-3H3. The Bertz CT molecular complexity index is 571. The smallest absolute Gasteiger partial charge is 0.314 e. The topological polar surface area (TPSA) is 46.5 Å². The Kier molecular flexibility index (Phi) is 3.41. The largest absolute Gasteiger partial charge is 0.469 e. The van der Waals surface area contributed by atoms with Crippen LogP contribution in [-0.2, 0) is 9.53 Å². The van der Waals surface area contributed by atoms with Crippen LogP contribution in [0, 0.1) is 5.41 Å². The van der Waals surface area contributed by atoms with Gasteiger partial charge in [-0.1, -0.05) is 18.2 Å². The van der Waals surface area contributed by atoms with Crippen LogP contribution in [0.4, 0.5) is 0 Å². The number of aliphatic hydroxyl groups excluding tert-OH is 1. The Labute approximate surface area is 110 Å². The number of hydrogen-bond acceptors (Lipinski definition) is 4. The molecule has 96 valence electrons. The minimum atomic E-state index is -0.960. The van der Waals surface area contributed by atoms with Gasteiger partial charge >= 0.3 is 5.97 Å². The van der Waals surface area contributed by atoms with Crippen LogP contribution in [0.25, 0.3) is 10.1 Å². The molecule has 2 aromatic rings. The monoisotopic (exact) mass is 264 g/mol. The fraction of sp³-hybridized carbons (Fsp3) is 0.357. The summed E-state index contributed by atoms with van der Waals surface area (Å²) in [6, 6.07) is 7.84. The number of fused-ring (bicyclic) bond motifs is 1. The van der Waals surface area contributed by atoms with E-state index in [2.05, 4.69) is 0 Å². The summed E-state index contributed by atoms with van der Waals surface area (Å²) in [5.41, 5.74) is -0.176. The molecule has 0 aliphatic carbocycles. The normalized spacial score (nSPS) is 13.6. The number of aliphatic hydroxyl groups is 1. The van der Waals surface area contributed by atoms with Crippen LogP contribution in [0.3, 0.4) is 0 Å². The first-order valence-corrected chi connectivity index (χ1v) is 6.59. The molecule has 1 unspecified atom stereocenters. The van der Waals surface area contributed by atoms with Crippen LogP contribution < -0.4 is 0 Å². The Hall–Kier alpha value is -1.39. The molecule has 0 saturated carbocycles. The maximum Gasteiger partial charge on any atom is 0.314 e. The first-order chi connectivity index (χ1) is 8.48. The number of hydrogen-bond donors (Lipinski definition) is 1. The molecule has 0 fully saturated rings. The van der Waals surface area contributed by atoms with Gasteiger partial charge in [0.25, 0.3) is 0 Å². The number of methoxy groups -OCH3 is 1. The lowest BCUT2D eigenvalue weighted by Gasteiger charge is -2.27. The van der Waals surface area contributed by atoms with Crippen molar-refractivity contribution in [2.24, 2.45) is 5.41 Å². The van der Waals surface area contributed by atoms with Gasteiger partial charge in [0.2, 0.25) is 0 Å². The van der Waals surface area contributed by atoms with Crippen molar-refractivity contribution < 1.29 is 14.6 Å². The molecular formula is C14H16O3S. The molecule has 1 aromatic heterocycles. The molecule has 0 aliphatic rings. The molecule has 18 heavy (non-hydrogen) atoms. The van der Waals surface area contributed by atoms with E-state index in [1.807, 2.05) is 29.6 Å². The Morgan fingerprint density at radius 1 is 1.39 bits per heavy atom. The zero-order chi connectivity index (χ0) is 13.3. The third kappa shape index (κ3) is 2.02. The molecule has 0 bridgehead atoms. The third-order valence-electron chi connectivity index (χ3n) is 3.20. The van der Waals surface area contributed by atoms with Crippen molar-refractivity contribution in [3.8, 4) is 0 Å². The summed E-state index contributed by atoms with van der Waals surface area (Å²) in [5.74, 6) is -0.412. The van der Waals surface area contributed by atoms with Crippen LogP contribution in [0.2, 0.25) is 0 Å². The maximum absolute atomic E-state index is 11.7. The summed E-state index contributed by atoms with van der Waals surface area (Å²) in [5, 5.41) is 13.3. The number of rotatable bonds is 3. The van der Waals surface area contributed by atoms with Crippen molar-refractivity contribution in [3.63, 3.8) is 0 Å². The first kappa shape index (κ1) is 13.1. The van der Waals surface area contributed by atoms with E-state index in [9.17, 15) is 9.90 Å². The Morgan fingerprint density at radius 2 is 2.06 bits per heavy atom. The van der Waals surface area contributed by atoms with Gasteiger partial charge in [0, 0.05) is 10.3 Å². The van der Waals surface area contributed by atoms with E-state index in [1.54, 1.807) is 25.2 Å². The van der Waals surface area contributed by atoms with Crippen LogP contribution in [0.15, 0.2) is 29.6 Å². The average Bonchev–Trinajstić information content (AvgIpc) is 2.80. The fourth-order valence-corrected chi connectivity index (χ4v) is 2.95. The third-order valence-corrected chi connectivity index (χ3v) is 4.18. The number of carbonyl (C=O) groups excluding carboxylic acids is 1. The van der Waals surface area contributed by atoms with Gasteiger partial charge in [-0.25, -0.2) is 0 Å². The highest BCUT2D eigenvalue weighted by Gasteiger charge is 2.38. The number of ether oxygens (including phenoxy) is 1. The Balaban J connectivity index is 2.45. The van der Waals surface area contributed by atoms with Gasteiger partial charge in [-0.05, 0) is 30.7 Å². The number of esters is 1. The fourth-order valence-electron chi connectivity index (χ4n) is 1.97. The van der Waals surface area contributed by atoms with Gasteiger partial charge in [0.15, 0.2) is 0 Å². The molecule has 2 rings (SSSR count). The molecule has 1 aromatic carbocycles. The van der Waals surface area contributed by atoms with Gasteiger partial charge in [0.05, 0.1) is 18.6 Å². The number of benzene rings is 1.